The predicted octanol–water partition coefficient (Wildman–Crippen LogP) is 1.95. The number of rotatable bonds is 5. The molecule has 8 heteroatoms. The Balaban J connectivity index is 1.38. The van der Waals surface area contributed by atoms with Crippen molar-refractivity contribution in [1.82, 2.24) is 14.9 Å². The topological polar surface area (TPSA) is 96.3 Å². The highest BCUT2D eigenvalue weighted by Crippen LogP contribution is 2.19. The predicted molar refractivity (Wildman–Crippen MR) is 106 cm³/mol. The molecule has 142 valence electrons. The fourth-order valence-corrected chi connectivity index (χ4v) is 3.15. The second kappa shape index (κ2) is 7.51. The molecule has 1 aliphatic rings. The number of amides is 3. The minimum Gasteiger partial charge on any atom is -0.336 e. The molecule has 0 saturated carbocycles. The molecule has 0 atom stereocenters. The molecule has 0 aliphatic carbocycles. The first kappa shape index (κ1) is 17.7. The number of nitrogens with zero attached hydrogens (tertiary/aromatic N) is 3. The smallest absolute Gasteiger partial charge is 0.321 e. The molecular weight excluding hydrogens is 358 g/mol. The van der Waals surface area contributed by atoms with Crippen molar-refractivity contribution < 1.29 is 9.59 Å². The SMILES string of the molecule is O=C(CCn1cnc2ccccc2c1=O)Nc1ccc(N2CCNC2=O)cc1. The van der Waals surface area contributed by atoms with Crippen LogP contribution in [0.2, 0.25) is 0 Å². The molecule has 0 radical (unpaired) electrons. The van der Waals surface area contributed by atoms with Crippen LogP contribution in [-0.4, -0.2) is 34.6 Å². The molecule has 8 nitrogen and oxygen atoms in total. The number of para-hydroxylation sites is 1. The summed E-state index contributed by atoms with van der Waals surface area (Å²) in [6.45, 7) is 1.49. The largest absolute Gasteiger partial charge is 0.336 e. The molecular formula is C20H19N5O3. The highest BCUT2D eigenvalue weighted by molar-refractivity contribution is 5.95. The lowest BCUT2D eigenvalue weighted by Crippen LogP contribution is -2.27. The van der Waals surface area contributed by atoms with Gasteiger partial charge in [0.05, 0.1) is 17.2 Å². The number of urea groups is 1. The van der Waals surface area contributed by atoms with Crippen LogP contribution in [0.3, 0.4) is 0 Å². The van der Waals surface area contributed by atoms with Gasteiger partial charge in [-0.25, -0.2) is 9.78 Å². The number of benzene rings is 2. The quantitative estimate of drug-likeness (QED) is 0.710. The highest BCUT2D eigenvalue weighted by atomic mass is 16.2. The number of fused-ring (bicyclic) bond motifs is 1. The monoisotopic (exact) mass is 377 g/mol. The number of carbonyl (C=O) groups excluding carboxylic acids is 2. The summed E-state index contributed by atoms with van der Waals surface area (Å²) in [6.07, 6.45) is 1.62. The van der Waals surface area contributed by atoms with E-state index in [9.17, 15) is 14.4 Å². The zero-order valence-electron chi connectivity index (χ0n) is 15.1. The van der Waals surface area contributed by atoms with E-state index >= 15 is 0 Å². The summed E-state index contributed by atoms with van der Waals surface area (Å²) in [5.74, 6) is -0.202. The van der Waals surface area contributed by atoms with Gasteiger partial charge in [-0.1, -0.05) is 12.1 Å². The van der Waals surface area contributed by atoms with Crippen molar-refractivity contribution >= 4 is 34.2 Å². The average molecular weight is 377 g/mol. The van der Waals surface area contributed by atoms with Gasteiger partial charge in [0, 0.05) is 37.4 Å². The van der Waals surface area contributed by atoms with E-state index in [1.165, 1.54) is 10.9 Å². The maximum atomic E-state index is 12.4. The van der Waals surface area contributed by atoms with Crippen LogP contribution in [0, 0.1) is 0 Å². The first-order valence-electron chi connectivity index (χ1n) is 9.01. The summed E-state index contributed by atoms with van der Waals surface area (Å²) in [6, 6.07) is 14.1. The standard InChI is InChI=1S/C20H19N5O3/c26-18(9-11-24-13-22-17-4-2-1-3-16(17)19(24)27)23-14-5-7-15(8-6-14)25-12-10-21-20(25)28/h1-8,13H,9-12H2,(H,21,28)(H,23,26). The molecule has 2 N–H and O–H groups in total. The van der Waals surface area contributed by atoms with Crippen LogP contribution in [0.4, 0.5) is 16.2 Å². The van der Waals surface area contributed by atoms with Gasteiger partial charge >= 0.3 is 6.03 Å². The first-order chi connectivity index (χ1) is 13.6. The normalized spacial score (nSPS) is 13.6. The number of anilines is 2. The highest BCUT2D eigenvalue weighted by Gasteiger charge is 2.20. The van der Waals surface area contributed by atoms with Crippen LogP contribution in [0.5, 0.6) is 0 Å². The molecule has 0 bridgehead atoms. The number of aryl methyl sites for hydroxylation is 1. The van der Waals surface area contributed by atoms with Crippen molar-refractivity contribution in [2.75, 3.05) is 23.3 Å². The van der Waals surface area contributed by atoms with Crippen LogP contribution in [0.1, 0.15) is 6.42 Å². The minimum absolute atomic E-state index is 0.119. The maximum absolute atomic E-state index is 12.4. The summed E-state index contributed by atoms with van der Waals surface area (Å²) >= 11 is 0. The van der Waals surface area contributed by atoms with Gasteiger partial charge < -0.3 is 10.6 Å². The van der Waals surface area contributed by atoms with Crippen molar-refractivity contribution in [2.45, 2.75) is 13.0 Å². The molecule has 3 aromatic rings. The average Bonchev–Trinajstić information content (AvgIpc) is 3.14. The summed E-state index contributed by atoms with van der Waals surface area (Å²) in [5, 5.41) is 6.09. The Kier molecular flexibility index (Phi) is 4.76. The van der Waals surface area contributed by atoms with Crippen LogP contribution < -0.4 is 21.1 Å². The van der Waals surface area contributed by atoms with Crippen molar-refractivity contribution in [3.8, 4) is 0 Å². The number of nitrogens with one attached hydrogen (secondary N) is 2. The van der Waals surface area contributed by atoms with Crippen LogP contribution in [-0.2, 0) is 11.3 Å². The van der Waals surface area contributed by atoms with E-state index in [-0.39, 0.29) is 30.5 Å². The van der Waals surface area contributed by atoms with Crippen molar-refractivity contribution in [2.24, 2.45) is 0 Å². The summed E-state index contributed by atoms with van der Waals surface area (Å²) in [5.41, 5.74) is 1.89. The first-order valence-corrected chi connectivity index (χ1v) is 9.01. The lowest BCUT2D eigenvalue weighted by atomic mass is 10.2. The Morgan fingerprint density at radius 1 is 1.11 bits per heavy atom. The molecule has 1 saturated heterocycles. The van der Waals surface area contributed by atoms with Gasteiger partial charge in [0.15, 0.2) is 0 Å². The molecule has 2 heterocycles. The molecule has 1 aromatic heterocycles. The molecule has 28 heavy (non-hydrogen) atoms. The molecule has 0 unspecified atom stereocenters. The molecule has 0 spiro atoms. The Bertz CT molecular complexity index is 1090. The van der Waals surface area contributed by atoms with E-state index in [1.807, 2.05) is 6.07 Å². The van der Waals surface area contributed by atoms with E-state index in [2.05, 4.69) is 15.6 Å². The van der Waals surface area contributed by atoms with Gasteiger partial charge in [-0.2, -0.15) is 0 Å². The van der Waals surface area contributed by atoms with Crippen molar-refractivity contribution in [1.29, 1.82) is 0 Å². The van der Waals surface area contributed by atoms with Gasteiger partial charge in [-0.05, 0) is 36.4 Å². The Morgan fingerprint density at radius 2 is 1.89 bits per heavy atom. The fourth-order valence-electron chi connectivity index (χ4n) is 3.15. The number of hydrogen-bond acceptors (Lipinski definition) is 4. The third-order valence-corrected chi connectivity index (χ3v) is 4.63. The number of carbonyl (C=O) groups is 2. The fraction of sp³-hybridized carbons (Fsp3) is 0.200. The van der Waals surface area contributed by atoms with E-state index in [4.69, 9.17) is 0 Å². The molecule has 2 aromatic carbocycles. The van der Waals surface area contributed by atoms with Gasteiger partial charge in [0.25, 0.3) is 5.56 Å². The van der Waals surface area contributed by atoms with E-state index in [0.29, 0.717) is 29.7 Å². The van der Waals surface area contributed by atoms with Crippen molar-refractivity contribution in [3.63, 3.8) is 0 Å². The number of hydrogen-bond donors (Lipinski definition) is 2. The van der Waals surface area contributed by atoms with Crippen LogP contribution in [0.25, 0.3) is 10.9 Å². The summed E-state index contributed by atoms with van der Waals surface area (Å²) in [7, 11) is 0. The molecule has 4 rings (SSSR count). The van der Waals surface area contributed by atoms with E-state index < -0.39 is 0 Å². The summed E-state index contributed by atoms with van der Waals surface area (Å²) in [4.78, 5) is 42.2. The number of aromatic nitrogens is 2. The maximum Gasteiger partial charge on any atom is 0.321 e. The lowest BCUT2D eigenvalue weighted by Gasteiger charge is -2.14. The van der Waals surface area contributed by atoms with E-state index in [1.54, 1.807) is 47.4 Å². The zero-order valence-corrected chi connectivity index (χ0v) is 15.1. The Hall–Kier alpha value is -3.68. The summed E-state index contributed by atoms with van der Waals surface area (Å²) < 4.78 is 1.44. The van der Waals surface area contributed by atoms with Crippen molar-refractivity contribution in [3.05, 3.63) is 65.2 Å². The second-order valence-electron chi connectivity index (χ2n) is 6.49. The Labute approximate surface area is 160 Å². The van der Waals surface area contributed by atoms with Gasteiger partial charge in [0.2, 0.25) is 5.91 Å². The third-order valence-electron chi connectivity index (χ3n) is 4.63. The van der Waals surface area contributed by atoms with E-state index in [0.717, 1.165) is 5.69 Å². The Morgan fingerprint density at radius 3 is 2.64 bits per heavy atom. The minimum atomic E-state index is -0.202. The molecule has 1 fully saturated rings. The molecule has 1 aliphatic heterocycles. The second-order valence-corrected chi connectivity index (χ2v) is 6.49. The van der Waals surface area contributed by atoms with Gasteiger partial charge in [0.1, 0.15) is 0 Å². The zero-order chi connectivity index (χ0) is 19.5. The van der Waals surface area contributed by atoms with Crippen LogP contribution >= 0.6 is 0 Å². The van der Waals surface area contributed by atoms with Gasteiger partial charge in [-0.3, -0.25) is 19.1 Å². The third kappa shape index (κ3) is 3.57. The molecule has 3 amide bonds. The van der Waals surface area contributed by atoms with Gasteiger partial charge in [-0.15, -0.1) is 0 Å². The lowest BCUT2D eigenvalue weighted by molar-refractivity contribution is -0.116. The van der Waals surface area contributed by atoms with Crippen LogP contribution in [0.15, 0.2) is 59.7 Å².